The van der Waals surface area contributed by atoms with Crippen LogP contribution in [0.4, 0.5) is 11.4 Å². The maximum atomic E-state index is 11.7. The largest absolute Gasteiger partial charge is 0.461 e. The van der Waals surface area contributed by atoms with E-state index >= 15 is 0 Å². The molecule has 0 saturated carbocycles. The van der Waals surface area contributed by atoms with Crippen molar-refractivity contribution in [2.24, 2.45) is 0 Å². The van der Waals surface area contributed by atoms with Crippen molar-refractivity contribution in [1.82, 2.24) is 5.32 Å². The Morgan fingerprint density at radius 1 is 1.32 bits per heavy atom. The molecule has 0 aromatic heterocycles. The molecule has 6 nitrogen and oxygen atoms in total. The first-order chi connectivity index (χ1) is 8.90. The van der Waals surface area contributed by atoms with Gasteiger partial charge in [0.05, 0.1) is 12.0 Å². The van der Waals surface area contributed by atoms with Crippen molar-refractivity contribution in [3.8, 4) is 0 Å². The summed E-state index contributed by atoms with van der Waals surface area (Å²) in [7, 11) is 0. The van der Waals surface area contributed by atoms with E-state index in [4.69, 9.17) is 16.2 Å². The highest BCUT2D eigenvalue weighted by atomic mass is 16.5. The van der Waals surface area contributed by atoms with Crippen LogP contribution >= 0.6 is 0 Å². The van der Waals surface area contributed by atoms with E-state index in [0.29, 0.717) is 5.69 Å². The van der Waals surface area contributed by atoms with E-state index in [9.17, 15) is 9.59 Å². The molecule has 0 fully saturated rings. The van der Waals surface area contributed by atoms with E-state index in [1.54, 1.807) is 6.07 Å². The molecule has 0 bridgehead atoms. The molecule has 0 atom stereocenters. The highest BCUT2D eigenvalue weighted by Gasteiger charge is 2.12. The van der Waals surface area contributed by atoms with Crippen molar-refractivity contribution < 1.29 is 14.3 Å². The van der Waals surface area contributed by atoms with E-state index in [-0.39, 0.29) is 36.2 Å². The van der Waals surface area contributed by atoms with Gasteiger partial charge in [0.2, 0.25) is 5.91 Å². The molecule has 0 aliphatic rings. The number of nitrogens with two attached hydrogens (primary N) is 2. The number of rotatable bonds is 5. The number of hydrogen-bond acceptors (Lipinski definition) is 5. The minimum Gasteiger partial charge on any atom is -0.461 e. The molecule has 1 rings (SSSR count). The lowest BCUT2D eigenvalue weighted by Crippen LogP contribution is -2.31. The van der Waals surface area contributed by atoms with Gasteiger partial charge in [-0.3, -0.25) is 4.79 Å². The van der Waals surface area contributed by atoms with Gasteiger partial charge in [-0.15, -0.1) is 0 Å². The molecule has 104 valence electrons. The number of nitrogen functional groups attached to an aromatic ring is 2. The predicted molar refractivity (Wildman–Crippen MR) is 73.4 cm³/mol. The molecule has 5 N–H and O–H groups in total. The molecule has 0 heterocycles. The minimum absolute atomic E-state index is 0.0151. The Balaban J connectivity index is 2.45. The summed E-state index contributed by atoms with van der Waals surface area (Å²) >= 11 is 0. The van der Waals surface area contributed by atoms with Crippen LogP contribution in [-0.2, 0) is 9.53 Å². The van der Waals surface area contributed by atoms with Crippen molar-refractivity contribution in [2.45, 2.75) is 26.3 Å². The van der Waals surface area contributed by atoms with Gasteiger partial charge in [-0.05, 0) is 32.0 Å². The van der Waals surface area contributed by atoms with Gasteiger partial charge in [-0.25, -0.2) is 4.79 Å². The Kier molecular flexibility index (Phi) is 5.17. The maximum absolute atomic E-state index is 11.7. The van der Waals surface area contributed by atoms with Crippen LogP contribution in [0.5, 0.6) is 0 Å². The number of carbonyl (C=O) groups is 2. The smallest absolute Gasteiger partial charge is 0.340 e. The Hall–Kier alpha value is -2.24. The standard InChI is InChI=1S/C13H19N3O3/c1-8(2)16-12(17)5-6-19-13(18)10-4-3-9(14)7-11(10)15/h3-4,7-8H,5-6,14-15H2,1-2H3,(H,16,17). The van der Waals surface area contributed by atoms with E-state index in [1.165, 1.54) is 12.1 Å². The normalized spacial score (nSPS) is 10.3. The first-order valence-corrected chi connectivity index (χ1v) is 6.01. The molecule has 0 aliphatic heterocycles. The zero-order valence-corrected chi connectivity index (χ0v) is 11.1. The van der Waals surface area contributed by atoms with Crippen molar-refractivity contribution in [1.29, 1.82) is 0 Å². The molecule has 0 radical (unpaired) electrons. The molecular weight excluding hydrogens is 246 g/mol. The Labute approximate surface area is 112 Å². The second kappa shape index (κ2) is 6.63. The Morgan fingerprint density at radius 2 is 2.00 bits per heavy atom. The number of nitrogens with one attached hydrogen (secondary N) is 1. The van der Waals surface area contributed by atoms with Crippen molar-refractivity contribution in [3.05, 3.63) is 23.8 Å². The van der Waals surface area contributed by atoms with E-state index in [2.05, 4.69) is 5.32 Å². The monoisotopic (exact) mass is 265 g/mol. The lowest BCUT2D eigenvalue weighted by molar-refractivity contribution is -0.122. The summed E-state index contributed by atoms with van der Waals surface area (Å²) in [6.07, 6.45) is 0.124. The van der Waals surface area contributed by atoms with Gasteiger partial charge in [-0.1, -0.05) is 0 Å². The fourth-order valence-corrected chi connectivity index (χ4v) is 1.48. The van der Waals surface area contributed by atoms with Gasteiger partial charge in [0.1, 0.15) is 6.61 Å². The van der Waals surface area contributed by atoms with Crippen LogP contribution in [0, 0.1) is 0 Å². The van der Waals surface area contributed by atoms with Crippen LogP contribution in [0.2, 0.25) is 0 Å². The van der Waals surface area contributed by atoms with Crippen LogP contribution in [-0.4, -0.2) is 24.5 Å². The molecule has 0 unspecified atom stereocenters. The summed E-state index contributed by atoms with van der Waals surface area (Å²) in [5.74, 6) is -0.720. The highest BCUT2D eigenvalue weighted by Crippen LogP contribution is 2.16. The third-order valence-electron chi connectivity index (χ3n) is 2.31. The van der Waals surface area contributed by atoms with Crippen LogP contribution in [0.3, 0.4) is 0 Å². The van der Waals surface area contributed by atoms with E-state index in [0.717, 1.165) is 0 Å². The average Bonchev–Trinajstić information content (AvgIpc) is 2.27. The lowest BCUT2D eigenvalue weighted by Gasteiger charge is -2.09. The van der Waals surface area contributed by atoms with Crippen LogP contribution in [0.1, 0.15) is 30.6 Å². The van der Waals surface area contributed by atoms with Crippen molar-refractivity contribution >= 4 is 23.3 Å². The molecule has 0 aliphatic carbocycles. The van der Waals surface area contributed by atoms with Crippen molar-refractivity contribution in [2.75, 3.05) is 18.1 Å². The van der Waals surface area contributed by atoms with E-state index < -0.39 is 5.97 Å². The fourth-order valence-electron chi connectivity index (χ4n) is 1.48. The second-order valence-corrected chi connectivity index (χ2v) is 4.45. The Bertz CT molecular complexity index is 472. The van der Waals surface area contributed by atoms with Gasteiger partial charge in [0.25, 0.3) is 0 Å². The summed E-state index contributed by atoms with van der Waals surface area (Å²) in [6, 6.07) is 4.62. The molecule has 0 saturated heterocycles. The zero-order chi connectivity index (χ0) is 14.4. The number of anilines is 2. The van der Waals surface area contributed by atoms with Crippen LogP contribution in [0.25, 0.3) is 0 Å². The average molecular weight is 265 g/mol. The predicted octanol–water partition coefficient (Wildman–Crippen LogP) is 0.923. The van der Waals surface area contributed by atoms with E-state index in [1.807, 2.05) is 13.8 Å². The van der Waals surface area contributed by atoms with Gasteiger partial charge >= 0.3 is 5.97 Å². The quantitative estimate of drug-likeness (QED) is 0.542. The summed E-state index contributed by atoms with van der Waals surface area (Å²) in [5.41, 5.74) is 12.2. The zero-order valence-electron chi connectivity index (χ0n) is 11.1. The van der Waals surface area contributed by atoms with Crippen LogP contribution in [0.15, 0.2) is 18.2 Å². The Morgan fingerprint density at radius 3 is 2.58 bits per heavy atom. The third kappa shape index (κ3) is 4.87. The molecule has 19 heavy (non-hydrogen) atoms. The first kappa shape index (κ1) is 14.8. The summed E-state index contributed by atoms with van der Waals surface area (Å²) < 4.78 is 4.98. The summed E-state index contributed by atoms with van der Waals surface area (Å²) in [5, 5.41) is 2.70. The number of hydrogen-bond donors (Lipinski definition) is 3. The summed E-state index contributed by atoms with van der Waals surface area (Å²) in [6.45, 7) is 3.74. The van der Waals surface area contributed by atoms with Gasteiger partial charge in [-0.2, -0.15) is 0 Å². The third-order valence-corrected chi connectivity index (χ3v) is 2.31. The highest BCUT2D eigenvalue weighted by molar-refractivity contribution is 5.95. The fraction of sp³-hybridized carbons (Fsp3) is 0.385. The number of ether oxygens (including phenoxy) is 1. The van der Waals surface area contributed by atoms with Crippen molar-refractivity contribution in [3.63, 3.8) is 0 Å². The maximum Gasteiger partial charge on any atom is 0.340 e. The molecular formula is C13H19N3O3. The number of benzene rings is 1. The molecule has 1 aromatic rings. The topological polar surface area (TPSA) is 107 Å². The molecule has 0 spiro atoms. The molecule has 1 amide bonds. The molecule has 6 heteroatoms. The first-order valence-electron chi connectivity index (χ1n) is 6.01. The van der Waals surface area contributed by atoms with Gasteiger partial charge in [0.15, 0.2) is 0 Å². The lowest BCUT2D eigenvalue weighted by atomic mass is 10.1. The number of esters is 1. The van der Waals surface area contributed by atoms with Gasteiger partial charge < -0.3 is 21.5 Å². The number of amides is 1. The second-order valence-electron chi connectivity index (χ2n) is 4.45. The van der Waals surface area contributed by atoms with Crippen LogP contribution < -0.4 is 16.8 Å². The van der Waals surface area contributed by atoms with Gasteiger partial charge in [0, 0.05) is 17.4 Å². The number of carbonyl (C=O) groups excluding carboxylic acids is 2. The minimum atomic E-state index is -0.560. The SMILES string of the molecule is CC(C)NC(=O)CCOC(=O)c1ccc(N)cc1N. The summed E-state index contributed by atoms with van der Waals surface area (Å²) in [4.78, 5) is 23.0. The molecule has 1 aromatic carbocycles.